The number of nitrogens with zero attached hydrogens (tertiary/aromatic N) is 4. The molecule has 8 nitrogen and oxygen atoms in total. The van der Waals surface area contributed by atoms with Crippen molar-refractivity contribution in [3.63, 3.8) is 0 Å². The number of aromatic nitrogens is 2. The monoisotopic (exact) mass is 706 g/mol. The molecule has 0 saturated carbocycles. The van der Waals surface area contributed by atoms with Crippen LogP contribution in [0.4, 0.5) is 14.9 Å². The average Bonchev–Trinajstić information content (AvgIpc) is 3.22. The first kappa shape index (κ1) is 36.0. The molecule has 1 aliphatic rings. The van der Waals surface area contributed by atoms with Crippen LogP contribution in [0.1, 0.15) is 40.5 Å². The van der Waals surface area contributed by atoms with Gasteiger partial charge in [-0.05, 0) is 64.0 Å². The molecule has 228 valence electrons. The number of esters is 1. The molecule has 0 N–H and O–H groups in total. The summed E-state index contributed by atoms with van der Waals surface area (Å²) in [4.78, 5) is 42.2. The van der Waals surface area contributed by atoms with Crippen molar-refractivity contribution in [3.8, 4) is 0 Å². The van der Waals surface area contributed by atoms with Crippen LogP contribution in [0.5, 0.6) is 0 Å². The topological polar surface area (TPSA) is 85.9 Å². The predicted octanol–water partition coefficient (Wildman–Crippen LogP) is 7.64. The van der Waals surface area contributed by atoms with Gasteiger partial charge in [-0.3, -0.25) is 19.1 Å². The lowest BCUT2D eigenvalue weighted by Gasteiger charge is -2.30. The lowest BCUT2D eigenvalue weighted by atomic mass is 10.2. The minimum Gasteiger partial charge on any atom is -0.468 e. The Balaban J connectivity index is 0.000000320. The summed E-state index contributed by atoms with van der Waals surface area (Å²) in [6.07, 6.45) is 1.90. The smallest absolute Gasteiger partial charge is 0.325 e. The highest BCUT2D eigenvalue weighted by molar-refractivity contribution is 8.13. The van der Waals surface area contributed by atoms with Gasteiger partial charge in [0.1, 0.15) is 16.0 Å². The molecule has 3 rings (SSSR count). The van der Waals surface area contributed by atoms with Crippen molar-refractivity contribution in [1.29, 1.82) is 0 Å². The van der Waals surface area contributed by atoms with Gasteiger partial charge in [-0.25, -0.2) is 14.1 Å². The lowest BCUT2D eigenvalue weighted by molar-refractivity contribution is -0.137. The van der Waals surface area contributed by atoms with Gasteiger partial charge >= 0.3 is 10.8 Å². The van der Waals surface area contributed by atoms with Crippen molar-refractivity contribution in [2.45, 2.75) is 70.6 Å². The van der Waals surface area contributed by atoms with Crippen molar-refractivity contribution < 1.29 is 18.7 Å². The molecule has 0 radical (unpaired) electrons. The van der Waals surface area contributed by atoms with Crippen molar-refractivity contribution in [2.75, 3.05) is 18.6 Å². The summed E-state index contributed by atoms with van der Waals surface area (Å²) in [5.41, 5.74) is 0.0829. The van der Waals surface area contributed by atoms with E-state index < -0.39 is 11.8 Å². The van der Waals surface area contributed by atoms with Gasteiger partial charge in [0.15, 0.2) is 0 Å². The van der Waals surface area contributed by atoms with Gasteiger partial charge in [-0.1, -0.05) is 58.2 Å². The van der Waals surface area contributed by atoms with E-state index in [1.54, 1.807) is 14.3 Å². The van der Waals surface area contributed by atoms with E-state index in [0.29, 0.717) is 33.6 Å². The van der Waals surface area contributed by atoms with Gasteiger partial charge in [-0.2, -0.15) is 0 Å². The number of rotatable bonds is 8. The molecule has 0 saturated heterocycles. The number of carbonyl (C=O) groups excluding carboxylic acids is 2. The van der Waals surface area contributed by atoms with Crippen LogP contribution in [0.25, 0.3) is 0 Å². The largest absolute Gasteiger partial charge is 0.468 e. The maximum atomic E-state index is 14.3. The summed E-state index contributed by atoms with van der Waals surface area (Å²) in [6.45, 7) is 9.23. The van der Waals surface area contributed by atoms with Crippen molar-refractivity contribution in [3.05, 3.63) is 47.0 Å². The second-order valence-electron chi connectivity index (χ2n) is 9.13. The van der Waals surface area contributed by atoms with Crippen molar-refractivity contribution in [2.24, 2.45) is 4.99 Å². The molecule has 0 atom stereocenters. The molecular formula is C25H31Cl4FN4O4S3. The van der Waals surface area contributed by atoms with Gasteiger partial charge in [0, 0.05) is 35.8 Å². The number of carbonyl (C=O) groups is 2. The molecule has 2 aromatic rings. The molecule has 1 aliphatic heterocycles. The Bertz CT molecular complexity index is 1380. The quantitative estimate of drug-likeness (QED) is 0.207. The Hall–Kier alpha value is -1.15. The molecule has 1 amide bonds. The van der Waals surface area contributed by atoms with Crippen LogP contribution in [0.15, 0.2) is 36.3 Å². The van der Waals surface area contributed by atoms with Crippen LogP contribution in [-0.2, 0) is 22.6 Å². The molecule has 1 aromatic heterocycles. The zero-order valence-electron chi connectivity index (χ0n) is 23.1. The summed E-state index contributed by atoms with van der Waals surface area (Å²) in [5.74, 6) is -0.619. The summed E-state index contributed by atoms with van der Waals surface area (Å²) in [5, 5.41) is 0.483. The maximum Gasteiger partial charge on any atom is 0.325 e. The SMILES string of the molecule is CC(C)N(C(=O)SCC(Cl)=C(Cl)Cl)C(C)C.COC(=O)CSc1cc(N=c2sc(=O)n3n2CCCC3)c(F)cc1Cl. The van der Waals surface area contributed by atoms with Gasteiger partial charge in [-0.15, -0.1) is 11.8 Å². The first-order chi connectivity index (χ1) is 19.3. The van der Waals surface area contributed by atoms with E-state index in [0.717, 1.165) is 53.8 Å². The van der Waals surface area contributed by atoms with Crippen LogP contribution in [0.2, 0.25) is 5.02 Å². The number of thioether (sulfide) groups is 2. The first-order valence-electron chi connectivity index (χ1n) is 12.5. The fourth-order valence-corrected chi connectivity index (χ4v) is 7.11. The van der Waals surface area contributed by atoms with E-state index >= 15 is 0 Å². The molecule has 0 aliphatic carbocycles. The number of methoxy groups -OCH3 is 1. The molecule has 41 heavy (non-hydrogen) atoms. The van der Waals surface area contributed by atoms with Gasteiger partial charge in [0.05, 0.1) is 22.9 Å². The summed E-state index contributed by atoms with van der Waals surface area (Å²) in [6, 6.07) is 2.97. The van der Waals surface area contributed by atoms with Gasteiger partial charge < -0.3 is 9.64 Å². The number of halogens is 5. The zero-order valence-corrected chi connectivity index (χ0v) is 28.6. The molecule has 0 fully saturated rings. The van der Waals surface area contributed by atoms with Crippen molar-refractivity contribution in [1.82, 2.24) is 14.3 Å². The fraction of sp³-hybridized carbons (Fsp3) is 0.520. The number of fused-ring (bicyclic) bond motifs is 1. The Labute approximate surface area is 270 Å². The molecule has 2 heterocycles. The van der Waals surface area contributed by atoms with E-state index in [-0.39, 0.29) is 43.2 Å². The molecule has 0 spiro atoms. The van der Waals surface area contributed by atoms with Crippen LogP contribution < -0.4 is 9.67 Å². The highest BCUT2D eigenvalue weighted by Crippen LogP contribution is 2.33. The number of amides is 1. The van der Waals surface area contributed by atoms with E-state index in [4.69, 9.17) is 46.4 Å². The van der Waals surface area contributed by atoms with E-state index in [9.17, 15) is 18.8 Å². The standard InChI is InChI=1S/C15H15ClFN3O3S2.C10H16Cl3NOS/c1-23-13(21)8-24-12-7-11(10(17)6-9(12)16)18-14-19-4-2-3-5-20(19)15(22)25-14;1-6(2)14(7(3)4)10(15)16-5-8(11)9(12)13/h6-7H,2-5,8H2,1H3;6-7H,5H2,1-4H3. The molecule has 0 unspecified atom stereocenters. The molecule has 1 aromatic carbocycles. The third-order valence-electron chi connectivity index (χ3n) is 5.53. The summed E-state index contributed by atoms with van der Waals surface area (Å²) >= 11 is 26.0. The minimum absolute atomic E-state index is 0.0160. The number of ether oxygens (including phenoxy) is 1. The van der Waals surface area contributed by atoms with Crippen molar-refractivity contribution >= 4 is 98.2 Å². The van der Waals surface area contributed by atoms with Crippen LogP contribution in [-0.4, -0.2) is 56.2 Å². The summed E-state index contributed by atoms with van der Waals surface area (Å²) < 4.78 is 22.3. The Morgan fingerprint density at radius 3 is 2.27 bits per heavy atom. The summed E-state index contributed by atoms with van der Waals surface area (Å²) in [7, 11) is 1.30. The maximum absolute atomic E-state index is 14.3. The second kappa shape index (κ2) is 17.2. The predicted molar refractivity (Wildman–Crippen MR) is 170 cm³/mol. The lowest BCUT2D eigenvalue weighted by Crippen LogP contribution is -2.39. The van der Waals surface area contributed by atoms with Gasteiger partial charge in [0.2, 0.25) is 4.80 Å². The third kappa shape index (κ3) is 10.8. The highest BCUT2D eigenvalue weighted by atomic mass is 35.5. The molecular weight excluding hydrogens is 677 g/mol. The number of hydrogen-bond acceptors (Lipinski definition) is 8. The Morgan fingerprint density at radius 2 is 1.71 bits per heavy atom. The van der Waals surface area contributed by atoms with E-state index in [1.807, 2.05) is 27.7 Å². The van der Waals surface area contributed by atoms with Gasteiger partial charge in [0.25, 0.3) is 5.24 Å². The number of hydrogen-bond donors (Lipinski definition) is 0. The normalized spacial score (nSPS) is 13.0. The van der Waals surface area contributed by atoms with Crippen LogP contribution in [0.3, 0.4) is 0 Å². The minimum atomic E-state index is -0.580. The average molecular weight is 709 g/mol. The number of benzene rings is 1. The third-order valence-corrected chi connectivity index (χ3v) is 9.88. The first-order valence-corrected chi connectivity index (χ1v) is 16.8. The molecule has 16 heteroatoms. The zero-order chi connectivity index (χ0) is 30.9. The Morgan fingerprint density at radius 1 is 1.10 bits per heavy atom. The fourth-order valence-electron chi connectivity index (χ4n) is 3.70. The van der Waals surface area contributed by atoms with Crippen LogP contribution in [0, 0.1) is 5.82 Å². The molecule has 0 bridgehead atoms. The Kier molecular flexibility index (Phi) is 15.1. The van der Waals surface area contributed by atoms with Crippen LogP contribution >= 0.6 is 81.3 Å². The highest BCUT2D eigenvalue weighted by Gasteiger charge is 2.21. The van der Waals surface area contributed by atoms with E-state index in [2.05, 4.69) is 9.73 Å². The van der Waals surface area contributed by atoms with E-state index in [1.165, 1.54) is 13.2 Å². The second-order valence-corrected chi connectivity index (χ2v) is 13.8.